The number of alkyl halides is 3. The molecule has 1 heterocycles. The topological polar surface area (TPSA) is 58.6 Å². The lowest BCUT2D eigenvalue weighted by atomic mass is 10.0. The molecule has 0 aromatic carbocycles. The Morgan fingerprint density at radius 1 is 1.30 bits per heavy atom. The van der Waals surface area contributed by atoms with Crippen molar-refractivity contribution in [3.05, 3.63) is 0 Å². The number of carbonyl (C=O) groups excluding carboxylic acids is 2. The van der Waals surface area contributed by atoms with Gasteiger partial charge in [0.25, 0.3) is 0 Å². The van der Waals surface area contributed by atoms with Crippen molar-refractivity contribution in [1.29, 1.82) is 0 Å². The van der Waals surface area contributed by atoms with Crippen LogP contribution in [0.4, 0.5) is 13.2 Å². The zero-order valence-corrected chi connectivity index (χ0v) is 11.5. The monoisotopic (exact) mass is 296 g/mol. The van der Waals surface area contributed by atoms with E-state index in [1.54, 1.807) is 6.92 Å². The van der Waals surface area contributed by atoms with Gasteiger partial charge < -0.3 is 10.2 Å². The van der Waals surface area contributed by atoms with E-state index in [0.29, 0.717) is 19.3 Å². The molecule has 0 bridgehead atoms. The van der Waals surface area contributed by atoms with Crippen LogP contribution in [0.1, 0.15) is 33.1 Å². The molecule has 0 radical (unpaired) electrons. The van der Waals surface area contributed by atoms with Gasteiger partial charge in [-0.2, -0.15) is 0 Å². The van der Waals surface area contributed by atoms with E-state index in [-0.39, 0.29) is 18.4 Å². The predicted octanol–water partition coefficient (Wildman–Crippen LogP) is 1.43. The van der Waals surface area contributed by atoms with Gasteiger partial charge in [0.2, 0.25) is 11.8 Å². The largest absolute Gasteiger partial charge is 0.522 e. The van der Waals surface area contributed by atoms with Gasteiger partial charge in [-0.05, 0) is 12.8 Å². The Hall–Kier alpha value is -1.31. The molecule has 1 fully saturated rings. The molecule has 0 aliphatic carbocycles. The van der Waals surface area contributed by atoms with Crippen LogP contribution in [0.2, 0.25) is 0 Å². The average Bonchev–Trinajstić information content (AvgIpc) is 2.35. The van der Waals surface area contributed by atoms with Crippen LogP contribution in [-0.2, 0) is 14.3 Å². The summed E-state index contributed by atoms with van der Waals surface area (Å²) in [6, 6.07) is -1.38. The third-order valence-corrected chi connectivity index (χ3v) is 3.14. The van der Waals surface area contributed by atoms with Crippen LogP contribution in [0.25, 0.3) is 0 Å². The summed E-state index contributed by atoms with van der Waals surface area (Å²) < 4.78 is 39.6. The number of ether oxygens (including phenoxy) is 1. The van der Waals surface area contributed by atoms with Crippen molar-refractivity contribution in [2.24, 2.45) is 0 Å². The molecule has 0 saturated carbocycles. The van der Waals surface area contributed by atoms with E-state index in [1.807, 2.05) is 6.92 Å². The summed E-state index contributed by atoms with van der Waals surface area (Å²) >= 11 is 0. The molecule has 2 unspecified atom stereocenters. The molecule has 8 heteroatoms. The van der Waals surface area contributed by atoms with Gasteiger partial charge >= 0.3 is 6.36 Å². The highest BCUT2D eigenvalue weighted by Crippen LogP contribution is 2.19. The standard InChI is InChI=1S/C12H19F3N2O3/c1-3-5-9-10(18)16-8(4-2)11(19)17(9)6-7-20-12(13,14)15/h8-9H,3-7H2,1-2H3,(H,16,18). The smallest absolute Gasteiger partial charge is 0.343 e. The van der Waals surface area contributed by atoms with Gasteiger partial charge in [0.15, 0.2) is 0 Å². The molecule has 116 valence electrons. The Balaban J connectivity index is 2.72. The van der Waals surface area contributed by atoms with Crippen LogP contribution in [-0.4, -0.2) is 48.3 Å². The maximum atomic E-state index is 12.1. The van der Waals surface area contributed by atoms with Crippen molar-refractivity contribution >= 4 is 11.8 Å². The van der Waals surface area contributed by atoms with Crippen molar-refractivity contribution in [3.8, 4) is 0 Å². The fraction of sp³-hybridized carbons (Fsp3) is 0.833. The molecule has 1 saturated heterocycles. The maximum Gasteiger partial charge on any atom is 0.522 e. The Bertz CT molecular complexity index is 360. The Labute approximate surface area is 115 Å². The van der Waals surface area contributed by atoms with Crippen LogP contribution in [0.3, 0.4) is 0 Å². The number of nitrogens with zero attached hydrogens (tertiary/aromatic N) is 1. The van der Waals surface area contributed by atoms with Crippen molar-refractivity contribution in [3.63, 3.8) is 0 Å². The second-order valence-corrected chi connectivity index (χ2v) is 4.60. The highest BCUT2D eigenvalue weighted by molar-refractivity contribution is 5.96. The van der Waals surface area contributed by atoms with Gasteiger partial charge in [0.1, 0.15) is 12.1 Å². The summed E-state index contributed by atoms with van der Waals surface area (Å²) in [7, 11) is 0. The van der Waals surface area contributed by atoms with Gasteiger partial charge in [-0.1, -0.05) is 20.3 Å². The van der Waals surface area contributed by atoms with E-state index >= 15 is 0 Å². The normalized spacial score (nSPS) is 23.9. The molecule has 1 aliphatic heterocycles. The van der Waals surface area contributed by atoms with E-state index < -0.39 is 25.1 Å². The molecule has 0 aromatic rings. The summed E-state index contributed by atoms with van der Waals surface area (Å²) in [6.07, 6.45) is -3.26. The lowest BCUT2D eigenvalue weighted by molar-refractivity contribution is -0.325. The summed E-state index contributed by atoms with van der Waals surface area (Å²) in [4.78, 5) is 25.2. The number of amides is 2. The molecule has 0 aromatic heterocycles. The molecular weight excluding hydrogens is 277 g/mol. The highest BCUT2D eigenvalue weighted by atomic mass is 19.4. The van der Waals surface area contributed by atoms with E-state index in [2.05, 4.69) is 10.1 Å². The molecular formula is C12H19F3N2O3. The first-order valence-corrected chi connectivity index (χ1v) is 6.61. The lowest BCUT2D eigenvalue weighted by Gasteiger charge is -2.38. The highest BCUT2D eigenvalue weighted by Gasteiger charge is 2.39. The Morgan fingerprint density at radius 3 is 2.45 bits per heavy atom. The number of nitrogens with one attached hydrogen (secondary N) is 1. The minimum Gasteiger partial charge on any atom is -0.343 e. The minimum absolute atomic E-state index is 0.243. The lowest BCUT2D eigenvalue weighted by Crippen LogP contribution is -2.63. The van der Waals surface area contributed by atoms with Crippen LogP contribution in [0.15, 0.2) is 0 Å². The van der Waals surface area contributed by atoms with Gasteiger partial charge in [-0.15, -0.1) is 13.2 Å². The summed E-state index contributed by atoms with van der Waals surface area (Å²) in [5.74, 6) is -0.665. The van der Waals surface area contributed by atoms with Crippen molar-refractivity contribution < 1.29 is 27.5 Å². The van der Waals surface area contributed by atoms with Crippen molar-refractivity contribution in [1.82, 2.24) is 10.2 Å². The number of piperazine rings is 1. The van der Waals surface area contributed by atoms with Gasteiger partial charge in [-0.3, -0.25) is 14.3 Å². The molecule has 5 nitrogen and oxygen atoms in total. The maximum absolute atomic E-state index is 12.1. The van der Waals surface area contributed by atoms with Gasteiger partial charge in [0.05, 0.1) is 6.61 Å². The number of rotatable bonds is 6. The van der Waals surface area contributed by atoms with Gasteiger partial charge in [0, 0.05) is 6.54 Å². The van der Waals surface area contributed by atoms with E-state index in [0.717, 1.165) is 0 Å². The molecule has 1 rings (SSSR count). The fourth-order valence-electron chi connectivity index (χ4n) is 2.19. The van der Waals surface area contributed by atoms with Gasteiger partial charge in [-0.25, -0.2) is 0 Å². The third-order valence-electron chi connectivity index (χ3n) is 3.14. The summed E-state index contributed by atoms with van der Waals surface area (Å²) in [5, 5.41) is 2.59. The number of halogens is 3. The predicted molar refractivity (Wildman–Crippen MR) is 64.6 cm³/mol. The first kappa shape index (κ1) is 16.7. The first-order chi connectivity index (χ1) is 9.30. The molecule has 2 amide bonds. The van der Waals surface area contributed by atoms with Crippen LogP contribution in [0.5, 0.6) is 0 Å². The number of carbonyl (C=O) groups is 2. The fourth-order valence-corrected chi connectivity index (χ4v) is 2.19. The molecule has 1 aliphatic rings. The SMILES string of the molecule is CCCC1C(=O)NC(CC)C(=O)N1CCOC(F)(F)F. The average molecular weight is 296 g/mol. The number of hydrogen-bond acceptors (Lipinski definition) is 3. The molecule has 20 heavy (non-hydrogen) atoms. The quantitative estimate of drug-likeness (QED) is 0.806. The second kappa shape index (κ2) is 6.92. The van der Waals surface area contributed by atoms with Crippen molar-refractivity contribution in [2.75, 3.05) is 13.2 Å². The number of hydrogen-bond donors (Lipinski definition) is 1. The Kier molecular flexibility index (Phi) is 5.79. The van der Waals surface area contributed by atoms with Crippen LogP contribution >= 0.6 is 0 Å². The Morgan fingerprint density at radius 2 is 1.95 bits per heavy atom. The van der Waals surface area contributed by atoms with E-state index in [1.165, 1.54) is 4.90 Å². The van der Waals surface area contributed by atoms with E-state index in [4.69, 9.17) is 0 Å². The van der Waals surface area contributed by atoms with Crippen LogP contribution in [0, 0.1) is 0 Å². The summed E-state index contributed by atoms with van der Waals surface area (Å²) in [5.41, 5.74) is 0. The first-order valence-electron chi connectivity index (χ1n) is 6.61. The minimum atomic E-state index is -4.73. The van der Waals surface area contributed by atoms with E-state index in [9.17, 15) is 22.8 Å². The van der Waals surface area contributed by atoms with Crippen LogP contribution < -0.4 is 5.32 Å². The van der Waals surface area contributed by atoms with Crippen molar-refractivity contribution in [2.45, 2.75) is 51.6 Å². The third kappa shape index (κ3) is 4.36. The zero-order valence-electron chi connectivity index (χ0n) is 11.5. The summed E-state index contributed by atoms with van der Waals surface area (Å²) in [6.45, 7) is 2.66. The molecule has 0 spiro atoms. The second-order valence-electron chi connectivity index (χ2n) is 4.60. The molecule has 1 N–H and O–H groups in total. The molecule has 2 atom stereocenters. The zero-order chi connectivity index (χ0) is 15.3.